The zero-order chi connectivity index (χ0) is 13.3. The summed E-state index contributed by atoms with van der Waals surface area (Å²) in [5.41, 5.74) is 0.566. The standard InChI is InChI=1S/C11H5Cl3N2O2/c12-7-1-5(2-8(13)9(7)14)10-15-3-6(4-16-10)11(17)18/h1-4H,(H,17,18). The molecule has 0 amide bonds. The van der Waals surface area contributed by atoms with E-state index < -0.39 is 5.97 Å². The maximum absolute atomic E-state index is 10.7. The molecule has 7 heteroatoms. The predicted octanol–water partition coefficient (Wildman–Crippen LogP) is 3.80. The summed E-state index contributed by atoms with van der Waals surface area (Å²) in [4.78, 5) is 18.5. The van der Waals surface area contributed by atoms with Crippen LogP contribution in [0.1, 0.15) is 10.4 Å². The summed E-state index contributed by atoms with van der Waals surface area (Å²) in [7, 11) is 0. The fourth-order valence-corrected chi connectivity index (χ4v) is 1.87. The summed E-state index contributed by atoms with van der Waals surface area (Å²) in [6.07, 6.45) is 2.42. The molecule has 0 radical (unpaired) electrons. The third kappa shape index (κ3) is 2.56. The van der Waals surface area contributed by atoms with Crippen LogP contribution in [0.2, 0.25) is 15.1 Å². The van der Waals surface area contributed by atoms with E-state index in [4.69, 9.17) is 39.9 Å². The van der Waals surface area contributed by atoms with Crippen molar-refractivity contribution in [3.63, 3.8) is 0 Å². The number of benzene rings is 1. The zero-order valence-electron chi connectivity index (χ0n) is 8.69. The number of carbonyl (C=O) groups is 1. The van der Waals surface area contributed by atoms with Gasteiger partial charge < -0.3 is 5.11 Å². The van der Waals surface area contributed by atoms with Crippen molar-refractivity contribution in [3.05, 3.63) is 45.2 Å². The highest BCUT2D eigenvalue weighted by atomic mass is 35.5. The zero-order valence-corrected chi connectivity index (χ0v) is 11.0. The first-order valence-electron chi connectivity index (χ1n) is 4.69. The van der Waals surface area contributed by atoms with Crippen LogP contribution < -0.4 is 0 Å². The molecule has 2 rings (SSSR count). The van der Waals surface area contributed by atoms with Gasteiger partial charge in [-0.25, -0.2) is 14.8 Å². The largest absolute Gasteiger partial charge is 0.478 e. The van der Waals surface area contributed by atoms with Gasteiger partial charge in [0.05, 0.1) is 20.6 Å². The van der Waals surface area contributed by atoms with E-state index in [-0.39, 0.29) is 20.6 Å². The van der Waals surface area contributed by atoms with Crippen LogP contribution in [0, 0.1) is 0 Å². The first-order valence-corrected chi connectivity index (χ1v) is 5.82. The molecule has 1 aromatic carbocycles. The van der Waals surface area contributed by atoms with Crippen LogP contribution in [0.3, 0.4) is 0 Å². The van der Waals surface area contributed by atoms with Crippen molar-refractivity contribution >= 4 is 40.8 Å². The van der Waals surface area contributed by atoms with Gasteiger partial charge in [0, 0.05) is 18.0 Å². The molecule has 1 N–H and O–H groups in total. The highest BCUT2D eigenvalue weighted by molar-refractivity contribution is 6.48. The fraction of sp³-hybridized carbons (Fsp3) is 0. The van der Waals surface area contributed by atoms with Crippen LogP contribution in [0.4, 0.5) is 0 Å². The number of rotatable bonds is 2. The van der Waals surface area contributed by atoms with Crippen LogP contribution in [0.15, 0.2) is 24.5 Å². The van der Waals surface area contributed by atoms with Crippen molar-refractivity contribution in [1.82, 2.24) is 9.97 Å². The summed E-state index contributed by atoms with van der Waals surface area (Å²) in [5.74, 6) is -0.769. The van der Waals surface area contributed by atoms with Gasteiger partial charge >= 0.3 is 5.97 Å². The maximum atomic E-state index is 10.7. The minimum absolute atomic E-state index is 0.00454. The predicted molar refractivity (Wildman–Crippen MR) is 69.5 cm³/mol. The van der Waals surface area contributed by atoms with Crippen molar-refractivity contribution in [2.24, 2.45) is 0 Å². The molecule has 2 aromatic rings. The van der Waals surface area contributed by atoms with Gasteiger partial charge in [-0.1, -0.05) is 34.8 Å². The van der Waals surface area contributed by atoms with E-state index in [0.29, 0.717) is 11.4 Å². The third-order valence-electron chi connectivity index (χ3n) is 2.14. The van der Waals surface area contributed by atoms with Crippen LogP contribution in [-0.4, -0.2) is 21.0 Å². The van der Waals surface area contributed by atoms with Crippen LogP contribution in [0.5, 0.6) is 0 Å². The second-order valence-electron chi connectivity index (χ2n) is 3.35. The first-order chi connectivity index (χ1) is 8.49. The van der Waals surface area contributed by atoms with E-state index in [2.05, 4.69) is 9.97 Å². The normalized spacial score (nSPS) is 10.4. The third-order valence-corrected chi connectivity index (χ3v) is 3.34. The number of carboxylic acid groups (broad SMARTS) is 1. The molecular formula is C11H5Cl3N2O2. The quantitative estimate of drug-likeness (QED) is 0.857. The molecule has 0 aliphatic carbocycles. The van der Waals surface area contributed by atoms with Crippen molar-refractivity contribution in [3.8, 4) is 11.4 Å². The smallest absolute Gasteiger partial charge is 0.338 e. The van der Waals surface area contributed by atoms with E-state index in [1.54, 1.807) is 12.1 Å². The van der Waals surface area contributed by atoms with Crippen molar-refractivity contribution in [2.75, 3.05) is 0 Å². The number of halogens is 3. The van der Waals surface area contributed by atoms with Gasteiger partial charge in [-0.15, -0.1) is 0 Å². The molecule has 4 nitrogen and oxygen atoms in total. The van der Waals surface area contributed by atoms with E-state index >= 15 is 0 Å². The van der Waals surface area contributed by atoms with Gasteiger partial charge in [-0.05, 0) is 12.1 Å². The molecule has 1 heterocycles. The first kappa shape index (κ1) is 13.1. The number of aromatic carboxylic acids is 1. The lowest BCUT2D eigenvalue weighted by Crippen LogP contribution is -1.99. The summed E-state index contributed by atoms with van der Waals surface area (Å²) in [6.45, 7) is 0. The molecule has 0 atom stereocenters. The Morgan fingerprint density at radius 2 is 1.56 bits per heavy atom. The second kappa shape index (κ2) is 5.10. The Kier molecular flexibility index (Phi) is 3.71. The Bertz CT molecular complexity index is 591. The Morgan fingerprint density at radius 3 is 2.00 bits per heavy atom. The van der Waals surface area contributed by atoms with Gasteiger partial charge in [-0.3, -0.25) is 0 Å². The Morgan fingerprint density at radius 1 is 1.06 bits per heavy atom. The van der Waals surface area contributed by atoms with E-state index in [0.717, 1.165) is 0 Å². The monoisotopic (exact) mass is 302 g/mol. The molecule has 0 unspecified atom stereocenters. The van der Waals surface area contributed by atoms with Gasteiger partial charge in [0.1, 0.15) is 0 Å². The highest BCUT2D eigenvalue weighted by Gasteiger charge is 2.10. The number of hydrogen-bond acceptors (Lipinski definition) is 3. The molecule has 92 valence electrons. The van der Waals surface area contributed by atoms with Crippen molar-refractivity contribution < 1.29 is 9.90 Å². The molecule has 0 aliphatic heterocycles. The average Bonchev–Trinajstić information content (AvgIpc) is 2.35. The lowest BCUT2D eigenvalue weighted by atomic mass is 10.2. The summed E-state index contributed by atoms with van der Waals surface area (Å²) in [6, 6.07) is 3.12. The van der Waals surface area contributed by atoms with Crippen LogP contribution in [-0.2, 0) is 0 Å². The Balaban J connectivity index is 2.46. The topological polar surface area (TPSA) is 63.1 Å². The lowest BCUT2D eigenvalue weighted by molar-refractivity contribution is 0.0696. The molecule has 0 saturated carbocycles. The van der Waals surface area contributed by atoms with Crippen LogP contribution >= 0.6 is 34.8 Å². The van der Waals surface area contributed by atoms with Gasteiger partial charge in [0.2, 0.25) is 0 Å². The van der Waals surface area contributed by atoms with E-state index in [1.807, 2.05) is 0 Å². The second-order valence-corrected chi connectivity index (χ2v) is 4.55. The molecule has 0 aliphatic rings. The number of aromatic nitrogens is 2. The minimum Gasteiger partial charge on any atom is -0.478 e. The maximum Gasteiger partial charge on any atom is 0.338 e. The van der Waals surface area contributed by atoms with Crippen molar-refractivity contribution in [1.29, 1.82) is 0 Å². The molecule has 0 saturated heterocycles. The Labute approximate surface area is 117 Å². The summed E-state index contributed by atoms with van der Waals surface area (Å²) in [5, 5.41) is 9.55. The Hall–Kier alpha value is -1.36. The highest BCUT2D eigenvalue weighted by Crippen LogP contribution is 2.33. The minimum atomic E-state index is -1.09. The van der Waals surface area contributed by atoms with Crippen molar-refractivity contribution in [2.45, 2.75) is 0 Å². The van der Waals surface area contributed by atoms with Gasteiger partial charge in [0.25, 0.3) is 0 Å². The molecular weight excluding hydrogens is 298 g/mol. The number of carboxylic acids is 1. The fourth-order valence-electron chi connectivity index (χ4n) is 1.27. The van der Waals surface area contributed by atoms with Gasteiger partial charge in [-0.2, -0.15) is 0 Å². The van der Waals surface area contributed by atoms with E-state index in [9.17, 15) is 4.79 Å². The van der Waals surface area contributed by atoms with Gasteiger partial charge in [0.15, 0.2) is 5.82 Å². The number of hydrogen-bond donors (Lipinski definition) is 1. The van der Waals surface area contributed by atoms with Crippen LogP contribution in [0.25, 0.3) is 11.4 Å². The molecule has 0 fully saturated rings. The molecule has 18 heavy (non-hydrogen) atoms. The average molecular weight is 304 g/mol. The molecule has 0 bridgehead atoms. The number of nitrogens with zero attached hydrogens (tertiary/aromatic N) is 2. The SMILES string of the molecule is O=C(O)c1cnc(-c2cc(Cl)c(Cl)c(Cl)c2)nc1. The lowest BCUT2D eigenvalue weighted by Gasteiger charge is -2.04. The molecule has 0 spiro atoms. The summed E-state index contributed by atoms with van der Waals surface area (Å²) >= 11 is 17.6. The van der Waals surface area contributed by atoms with E-state index in [1.165, 1.54) is 12.4 Å². The summed E-state index contributed by atoms with van der Waals surface area (Å²) < 4.78 is 0. The molecule has 1 aromatic heterocycles.